The van der Waals surface area contributed by atoms with E-state index >= 15 is 0 Å². The molecule has 0 amide bonds. The van der Waals surface area contributed by atoms with Crippen molar-refractivity contribution >= 4 is 0 Å². The van der Waals surface area contributed by atoms with Gasteiger partial charge in [-0.3, -0.25) is 4.90 Å². The van der Waals surface area contributed by atoms with E-state index in [1.807, 2.05) is 23.1 Å². The van der Waals surface area contributed by atoms with Crippen molar-refractivity contribution in [3.8, 4) is 0 Å². The van der Waals surface area contributed by atoms with Gasteiger partial charge in [-0.15, -0.1) is 0 Å². The first kappa shape index (κ1) is 16.6. The Morgan fingerprint density at radius 1 is 0.955 bits per heavy atom. The van der Waals surface area contributed by atoms with Gasteiger partial charge >= 0.3 is 0 Å². The van der Waals surface area contributed by atoms with Gasteiger partial charge in [-0.1, -0.05) is 42.5 Å². The van der Waals surface area contributed by atoms with E-state index in [4.69, 9.17) is 0 Å². The molecule has 0 saturated carbocycles. The van der Waals surface area contributed by atoms with Gasteiger partial charge in [-0.2, -0.15) is 0 Å². The lowest BCUT2D eigenvalue weighted by Crippen LogP contribution is -2.33. The fourth-order valence-electron chi connectivity index (χ4n) is 2.40. The molecular formula is C18H22FNO2. The molecule has 0 aliphatic rings. The standard InChI is InChI=1S/C18H22FNO2/c19-17-8-6-16(7-9-17)18(22)14-20(12-13-21)11-10-15-4-2-1-3-5-15/h1-9,18,21-22H,10-14H2. The van der Waals surface area contributed by atoms with Crippen LogP contribution in [0.5, 0.6) is 0 Å². The van der Waals surface area contributed by atoms with Gasteiger partial charge < -0.3 is 10.2 Å². The van der Waals surface area contributed by atoms with Crippen LogP contribution in [-0.4, -0.2) is 41.4 Å². The van der Waals surface area contributed by atoms with Crippen molar-refractivity contribution in [2.75, 3.05) is 26.2 Å². The minimum absolute atomic E-state index is 0.0466. The third kappa shape index (κ3) is 5.22. The average Bonchev–Trinajstić information content (AvgIpc) is 2.54. The highest BCUT2D eigenvalue weighted by molar-refractivity contribution is 5.19. The largest absolute Gasteiger partial charge is 0.395 e. The van der Waals surface area contributed by atoms with Crippen molar-refractivity contribution in [3.05, 3.63) is 71.5 Å². The summed E-state index contributed by atoms with van der Waals surface area (Å²) in [6, 6.07) is 16.0. The second kappa shape index (κ2) is 8.63. The molecule has 0 spiro atoms. The van der Waals surface area contributed by atoms with Gasteiger partial charge in [0.15, 0.2) is 0 Å². The number of rotatable bonds is 8. The second-order valence-electron chi connectivity index (χ2n) is 5.33. The highest BCUT2D eigenvalue weighted by Gasteiger charge is 2.13. The number of aliphatic hydroxyl groups is 2. The number of hydrogen-bond donors (Lipinski definition) is 2. The fraction of sp³-hybridized carbons (Fsp3) is 0.333. The van der Waals surface area contributed by atoms with E-state index in [-0.39, 0.29) is 12.4 Å². The Hall–Kier alpha value is -1.75. The molecule has 0 aliphatic heterocycles. The van der Waals surface area contributed by atoms with Crippen molar-refractivity contribution in [1.82, 2.24) is 4.90 Å². The molecule has 0 aliphatic carbocycles. The van der Waals surface area contributed by atoms with Crippen LogP contribution < -0.4 is 0 Å². The number of benzene rings is 2. The zero-order valence-corrected chi connectivity index (χ0v) is 12.5. The van der Waals surface area contributed by atoms with Crippen molar-refractivity contribution in [1.29, 1.82) is 0 Å². The molecule has 22 heavy (non-hydrogen) atoms. The molecular weight excluding hydrogens is 281 g/mol. The van der Waals surface area contributed by atoms with E-state index in [2.05, 4.69) is 12.1 Å². The van der Waals surface area contributed by atoms with E-state index in [1.165, 1.54) is 17.7 Å². The molecule has 0 fully saturated rings. The topological polar surface area (TPSA) is 43.7 Å². The van der Waals surface area contributed by atoms with Gasteiger partial charge in [0.2, 0.25) is 0 Å². The van der Waals surface area contributed by atoms with Crippen molar-refractivity contribution in [2.24, 2.45) is 0 Å². The Labute approximate surface area is 130 Å². The SMILES string of the molecule is OCCN(CCc1ccccc1)CC(O)c1ccc(F)cc1. The van der Waals surface area contributed by atoms with Crippen LogP contribution in [0.15, 0.2) is 54.6 Å². The van der Waals surface area contributed by atoms with Crippen LogP contribution in [-0.2, 0) is 6.42 Å². The van der Waals surface area contributed by atoms with Gasteiger partial charge in [-0.25, -0.2) is 4.39 Å². The Kier molecular flexibility index (Phi) is 6.52. The number of halogens is 1. The van der Waals surface area contributed by atoms with Crippen molar-refractivity contribution < 1.29 is 14.6 Å². The summed E-state index contributed by atoms with van der Waals surface area (Å²) in [7, 11) is 0. The molecule has 1 atom stereocenters. The Morgan fingerprint density at radius 3 is 2.27 bits per heavy atom. The van der Waals surface area contributed by atoms with Crippen LogP contribution >= 0.6 is 0 Å². The van der Waals surface area contributed by atoms with Crippen LogP contribution in [0.3, 0.4) is 0 Å². The molecule has 2 aromatic rings. The summed E-state index contributed by atoms with van der Waals surface area (Å²) >= 11 is 0. The molecule has 0 saturated heterocycles. The molecule has 1 unspecified atom stereocenters. The molecule has 3 nitrogen and oxygen atoms in total. The molecule has 0 heterocycles. The zero-order chi connectivity index (χ0) is 15.8. The number of hydrogen-bond acceptors (Lipinski definition) is 3. The van der Waals surface area contributed by atoms with Gasteiger partial charge in [0.25, 0.3) is 0 Å². The summed E-state index contributed by atoms with van der Waals surface area (Å²) in [4.78, 5) is 2.01. The third-order valence-corrected chi connectivity index (χ3v) is 3.66. The van der Waals surface area contributed by atoms with Crippen molar-refractivity contribution in [2.45, 2.75) is 12.5 Å². The maximum Gasteiger partial charge on any atom is 0.123 e. The van der Waals surface area contributed by atoms with Crippen LogP contribution in [0.2, 0.25) is 0 Å². The maximum absolute atomic E-state index is 12.9. The molecule has 0 aromatic heterocycles. The first-order valence-corrected chi connectivity index (χ1v) is 7.49. The normalized spacial score (nSPS) is 12.5. The second-order valence-corrected chi connectivity index (χ2v) is 5.33. The van der Waals surface area contributed by atoms with Gasteiger partial charge in [0.05, 0.1) is 12.7 Å². The lowest BCUT2D eigenvalue weighted by atomic mass is 10.1. The lowest BCUT2D eigenvalue weighted by molar-refractivity contribution is 0.100. The summed E-state index contributed by atoms with van der Waals surface area (Å²) in [5, 5.41) is 19.4. The predicted molar refractivity (Wildman–Crippen MR) is 85.0 cm³/mol. The fourth-order valence-corrected chi connectivity index (χ4v) is 2.40. The lowest BCUT2D eigenvalue weighted by Gasteiger charge is -2.24. The molecule has 0 radical (unpaired) electrons. The summed E-state index contributed by atoms with van der Waals surface area (Å²) in [5.41, 5.74) is 1.91. The summed E-state index contributed by atoms with van der Waals surface area (Å²) in [6.07, 6.45) is 0.166. The molecule has 118 valence electrons. The first-order valence-electron chi connectivity index (χ1n) is 7.49. The summed E-state index contributed by atoms with van der Waals surface area (Å²) < 4.78 is 12.9. The average molecular weight is 303 g/mol. The van der Waals surface area contributed by atoms with Crippen molar-refractivity contribution in [3.63, 3.8) is 0 Å². The highest BCUT2D eigenvalue weighted by atomic mass is 19.1. The predicted octanol–water partition coefficient (Wildman–Crippen LogP) is 2.40. The number of nitrogens with zero attached hydrogens (tertiary/aromatic N) is 1. The quantitative estimate of drug-likeness (QED) is 0.787. The Bertz CT molecular complexity index is 545. The monoisotopic (exact) mass is 303 g/mol. The smallest absolute Gasteiger partial charge is 0.123 e. The minimum atomic E-state index is -0.692. The van der Waals surface area contributed by atoms with Gasteiger partial charge in [0.1, 0.15) is 5.82 Å². The van der Waals surface area contributed by atoms with E-state index in [0.717, 1.165) is 13.0 Å². The van der Waals surface area contributed by atoms with E-state index < -0.39 is 6.10 Å². The Balaban J connectivity index is 1.91. The first-order chi connectivity index (χ1) is 10.7. The zero-order valence-electron chi connectivity index (χ0n) is 12.5. The molecule has 2 aromatic carbocycles. The summed E-state index contributed by atoms with van der Waals surface area (Å²) in [6.45, 7) is 1.72. The molecule has 4 heteroatoms. The van der Waals surface area contributed by atoms with E-state index in [0.29, 0.717) is 18.7 Å². The van der Waals surface area contributed by atoms with Gasteiger partial charge in [-0.05, 0) is 29.7 Å². The number of aliphatic hydroxyl groups excluding tert-OH is 2. The third-order valence-electron chi connectivity index (χ3n) is 3.66. The maximum atomic E-state index is 12.9. The minimum Gasteiger partial charge on any atom is -0.395 e. The van der Waals surface area contributed by atoms with Crippen LogP contribution in [0.1, 0.15) is 17.2 Å². The summed E-state index contributed by atoms with van der Waals surface area (Å²) in [5.74, 6) is -0.313. The van der Waals surface area contributed by atoms with E-state index in [1.54, 1.807) is 12.1 Å². The van der Waals surface area contributed by atoms with E-state index in [9.17, 15) is 14.6 Å². The van der Waals surface area contributed by atoms with Crippen LogP contribution in [0.25, 0.3) is 0 Å². The van der Waals surface area contributed by atoms with Crippen LogP contribution in [0, 0.1) is 5.82 Å². The van der Waals surface area contributed by atoms with Crippen LogP contribution in [0.4, 0.5) is 4.39 Å². The molecule has 0 bridgehead atoms. The Morgan fingerprint density at radius 2 is 1.64 bits per heavy atom. The molecule has 2 N–H and O–H groups in total. The molecule has 2 rings (SSSR count). The van der Waals surface area contributed by atoms with Gasteiger partial charge in [0, 0.05) is 19.6 Å². The highest BCUT2D eigenvalue weighted by Crippen LogP contribution is 2.15.